The molecule has 2 rings (SSSR count). The molecular weight excluding hydrogens is 242 g/mol. The highest BCUT2D eigenvalue weighted by molar-refractivity contribution is 5.73. The summed E-state index contributed by atoms with van der Waals surface area (Å²) in [6, 6.07) is 8.05. The van der Waals surface area contributed by atoms with Crippen molar-refractivity contribution >= 4 is 5.97 Å². The fourth-order valence-electron chi connectivity index (χ4n) is 1.98. The number of carboxylic acids is 1. The maximum absolute atomic E-state index is 10.7. The summed E-state index contributed by atoms with van der Waals surface area (Å²) in [5.74, 6) is -0.522. The number of carbonyl (C=O) groups is 1. The predicted molar refractivity (Wildman–Crippen MR) is 71.9 cm³/mol. The monoisotopic (exact) mass is 259 g/mol. The average Bonchev–Trinajstić information content (AvgIpc) is 2.84. The van der Waals surface area contributed by atoms with Gasteiger partial charge in [-0.2, -0.15) is 0 Å². The molecule has 0 fully saturated rings. The molecule has 0 unspecified atom stereocenters. The molecule has 0 aliphatic carbocycles. The van der Waals surface area contributed by atoms with Gasteiger partial charge in [0.05, 0.1) is 0 Å². The maximum Gasteiger partial charge on any atom is 0.311 e. The number of nitrogens with zero attached hydrogens (tertiary/aromatic N) is 1. The molecule has 19 heavy (non-hydrogen) atoms. The largest absolute Gasteiger partial charge is 0.481 e. The van der Waals surface area contributed by atoms with Crippen LogP contribution < -0.4 is 0 Å². The molecule has 2 aromatic rings. The molecule has 0 saturated heterocycles. The third-order valence-corrected chi connectivity index (χ3v) is 3.00. The number of hydrogen-bond acceptors (Lipinski definition) is 3. The Balaban J connectivity index is 2.18. The van der Waals surface area contributed by atoms with Crippen molar-refractivity contribution in [2.75, 3.05) is 0 Å². The highest BCUT2D eigenvalue weighted by atomic mass is 16.4. The molecule has 100 valence electrons. The van der Waals surface area contributed by atoms with Crippen LogP contribution in [0.3, 0.4) is 0 Å². The van der Waals surface area contributed by atoms with Gasteiger partial charge in [-0.3, -0.25) is 4.79 Å². The van der Waals surface area contributed by atoms with Gasteiger partial charge in [0, 0.05) is 5.56 Å². The maximum atomic E-state index is 10.7. The van der Waals surface area contributed by atoms with Crippen LogP contribution >= 0.6 is 0 Å². The molecule has 0 spiro atoms. The van der Waals surface area contributed by atoms with E-state index in [0.29, 0.717) is 11.5 Å². The second kappa shape index (κ2) is 6.18. The third-order valence-electron chi connectivity index (χ3n) is 3.00. The Morgan fingerprint density at radius 2 is 2.05 bits per heavy atom. The van der Waals surface area contributed by atoms with Gasteiger partial charge in [0.2, 0.25) is 0 Å². The summed E-state index contributed by atoms with van der Waals surface area (Å²) in [4.78, 5) is 14.8. The predicted octanol–water partition coefficient (Wildman–Crippen LogP) is 3.31. The van der Waals surface area contributed by atoms with Crippen LogP contribution in [-0.2, 0) is 17.6 Å². The lowest BCUT2D eigenvalue weighted by molar-refractivity contribution is -0.136. The summed E-state index contributed by atoms with van der Waals surface area (Å²) in [5.41, 5.74) is 2.79. The first-order valence-corrected chi connectivity index (χ1v) is 6.44. The van der Waals surface area contributed by atoms with E-state index in [2.05, 4.69) is 24.0 Å². The highest BCUT2D eigenvalue weighted by Gasteiger charge is 2.13. The molecule has 0 aliphatic heterocycles. The Morgan fingerprint density at radius 1 is 1.32 bits per heavy atom. The number of oxazole rings is 1. The lowest BCUT2D eigenvalue weighted by Gasteiger charge is -2.03. The van der Waals surface area contributed by atoms with Gasteiger partial charge >= 0.3 is 5.97 Å². The van der Waals surface area contributed by atoms with Crippen LogP contribution in [0.1, 0.15) is 31.1 Å². The minimum Gasteiger partial charge on any atom is -0.481 e. The molecule has 0 saturated carbocycles. The van der Waals surface area contributed by atoms with E-state index in [1.165, 1.54) is 24.8 Å². The van der Waals surface area contributed by atoms with Crippen LogP contribution in [0.4, 0.5) is 0 Å². The van der Waals surface area contributed by atoms with Crippen LogP contribution in [-0.4, -0.2) is 16.1 Å². The van der Waals surface area contributed by atoms with Crippen molar-refractivity contribution < 1.29 is 14.3 Å². The molecule has 0 radical (unpaired) electrons. The molecule has 0 bridgehead atoms. The quantitative estimate of drug-likeness (QED) is 0.864. The van der Waals surface area contributed by atoms with Crippen molar-refractivity contribution in [1.82, 2.24) is 4.98 Å². The fraction of sp³-hybridized carbons (Fsp3) is 0.333. The summed E-state index contributed by atoms with van der Waals surface area (Å²) < 4.78 is 5.13. The van der Waals surface area contributed by atoms with E-state index in [-0.39, 0.29) is 6.42 Å². The van der Waals surface area contributed by atoms with Crippen LogP contribution in [0.25, 0.3) is 11.3 Å². The summed E-state index contributed by atoms with van der Waals surface area (Å²) in [7, 11) is 0. The molecule has 0 aliphatic rings. The molecule has 1 heterocycles. The number of aromatic nitrogens is 1. The van der Waals surface area contributed by atoms with Gasteiger partial charge in [-0.25, -0.2) is 4.98 Å². The van der Waals surface area contributed by atoms with Crippen molar-refractivity contribution in [1.29, 1.82) is 0 Å². The lowest BCUT2D eigenvalue weighted by atomic mass is 10.0. The smallest absolute Gasteiger partial charge is 0.311 e. The van der Waals surface area contributed by atoms with Gasteiger partial charge in [-0.15, -0.1) is 0 Å². The molecule has 0 atom stereocenters. The number of unbranched alkanes of at least 4 members (excludes halogenated alkanes) is 1. The van der Waals surface area contributed by atoms with Crippen LogP contribution in [0, 0.1) is 0 Å². The molecule has 4 heteroatoms. The van der Waals surface area contributed by atoms with Crippen LogP contribution in [0.2, 0.25) is 0 Å². The molecule has 1 aromatic heterocycles. The number of hydrogen-bond donors (Lipinski definition) is 1. The third kappa shape index (κ3) is 3.44. The van der Waals surface area contributed by atoms with Gasteiger partial charge in [-0.05, 0) is 18.4 Å². The zero-order valence-electron chi connectivity index (χ0n) is 10.9. The highest BCUT2D eigenvalue weighted by Crippen LogP contribution is 2.23. The average molecular weight is 259 g/mol. The van der Waals surface area contributed by atoms with Crippen LogP contribution in [0.15, 0.2) is 35.1 Å². The number of aliphatic carboxylic acids is 1. The standard InChI is InChI=1S/C15H17NO3/c1-2-3-4-11-5-7-12(8-6-11)15-13(9-14(17)18)19-10-16-15/h5-8,10H,2-4,9H2,1H3,(H,17,18). The number of aryl methyl sites for hydroxylation is 1. The summed E-state index contributed by atoms with van der Waals surface area (Å²) in [6.07, 6.45) is 4.56. The SMILES string of the molecule is CCCCc1ccc(-c2ncoc2CC(=O)O)cc1. The van der Waals surface area contributed by atoms with Gasteiger partial charge in [0.25, 0.3) is 0 Å². The van der Waals surface area contributed by atoms with E-state index in [1.54, 1.807) is 0 Å². The van der Waals surface area contributed by atoms with E-state index in [9.17, 15) is 4.79 Å². The molecule has 4 nitrogen and oxygen atoms in total. The number of benzene rings is 1. The van der Waals surface area contributed by atoms with Crippen molar-refractivity contribution in [2.24, 2.45) is 0 Å². The van der Waals surface area contributed by atoms with Gasteiger partial charge < -0.3 is 9.52 Å². The Morgan fingerprint density at radius 3 is 2.68 bits per heavy atom. The van der Waals surface area contributed by atoms with Crippen molar-refractivity contribution in [3.63, 3.8) is 0 Å². The first-order chi connectivity index (χ1) is 9.20. The van der Waals surface area contributed by atoms with Crippen molar-refractivity contribution in [3.05, 3.63) is 42.0 Å². The van der Waals surface area contributed by atoms with E-state index in [0.717, 1.165) is 12.0 Å². The molecular formula is C15H17NO3. The molecule has 1 N–H and O–H groups in total. The first kappa shape index (κ1) is 13.3. The summed E-state index contributed by atoms with van der Waals surface area (Å²) in [6.45, 7) is 2.17. The lowest BCUT2D eigenvalue weighted by Crippen LogP contribution is -2.00. The van der Waals surface area contributed by atoms with E-state index in [1.807, 2.05) is 12.1 Å². The first-order valence-electron chi connectivity index (χ1n) is 6.44. The Hall–Kier alpha value is -2.10. The fourth-order valence-corrected chi connectivity index (χ4v) is 1.98. The Kier molecular flexibility index (Phi) is 4.34. The molecule has 0 amide bonds. The van der Waals surface area contributed by atoms with Gasteiger partial charge in [0.15, 0.2) is 6.39 Å². The normalized spacial score (nSPS) is 10.6. The van der Waals surface area contributed by atoms with Crippen LogP contribution in [0.5, 0.6) is 0 Å². The van der Waals surface area contributed by atoms with Gasteiger partial charge in [-0.1, -0.05) is 37.6 Å². The Labute approximate surface area is 112 Å². The zero-order chi connectivity index (χ0) is 13.7. The van der Waals surface area contributed by atoms with E-state index >= 15 is 0 Å². The second-order valence-electron chi connectivity index (χ2n) is 4.50. The second-order valence-corrected chi connectivity index (χ2v) is 4.50. The number of rotatable bonds is 6. The summed E-state index contributed by atoms with van der Waals surface area (Å²) >= 11 is 0. The van der Waals surface area contributed by atoms with Gasteiger partial charge in [0.1, 0.15) is 17.9 Å². The van der Waals surface area contributed by atoms with E-state index < -0.39 is 5.97 Å². The summed E-state index contributed by atoms with van der Waals surface area (Å²) in [5, 5.41) is 8.81. The Bertz CT molecular complexity index is 543. The topological polar surface area (TPSA) is 63.3 Å². The van der Waals surface area contributed by atoms with Crippen molar-refractivity contribution in [2.45, 2.75) is 32.6 Å². The minimum atomic E-state index is -0.919. The minimum absolute atomic E-state index is 0.146. The zero-order valence-corrected chi connectivity index (χ0v) is 10.9. The van der Waals surface area contributed by atoms with E-state index in [4.69, 9.17) is 9.52 Å². The number of carboxylic acid groups (broad SMARTS) is 1. The molecule has 1 aromatic carbocycles. The van der Waals surface area contributed by atoms with Crippen molar-refractivity contribution in [3.8, 4) is 11.3 Å².